The summed E-state index contributed by atoms with van der Waals surface area (Å²) in [5.41, 5.74) is 1.81. The van der Waals surface area contributed by atoms with Gasteiger partial charge in [0.2, 0.25) is 16.3 Å². The molecule has 0 saturated heterocycles. The van der Waals surface area contributed by atoms with Crippen LogP contribution in [0.3, 0.4) is 0 Å². The van der Waals surface area contributed by atoms with Crippen molar-refractivity contribution in [3.05, 3.63) is 88.0 Å². The topological polar surface area (TPSA) is 141 Å². The van der Waals surface area contributed by atoms with Gasteiger partial charge in [-0.1, -0.05) is 24.6 Å². The van der Waals surface area contributed by atoms with Crippen molar-refractivity contribution in [2.24, 2.45) is 18.9 Å². The van der Waals surface area contributed by atoms with E-state index in [2.05, 4.69) is 5.32 Å². The van der Waals surface area contributed by atoms with E-state index in [0.717, 1.165) is 34.9 Å². The molecule has 3 aliphatic rings. The lowest BCUT2D eigenvalue weighted by molar-refractivity contribution is -0.147. The Morgan fingerprint density at radius 2 is 1.81 bits per heavy atom. The second kappa shape index (κ2) is 14.3. The summed E-state index contributed by atoms with van der Waals surface area (Å²) in [7, 11) is -0.629. The van der Waals surface area contributed by atoms with Crippen LogP contribution in [0.1, 0.15) is 49.3 Å². The number of nitrogens with zero attached hydrogens (tertiary/aromatic N) is 3. The van der Waals surface area contributed by atoms with E-state index in [4.69, 9.17) is 14.2 Å². The number of hydrogen-bond acceptors (Lipinski definition) is 8. The van der Waals surface area contributed by atoms with Crippen LogP contribution in [-0.4, -0.2) is 78.8 Å². The Morgan fingerprint density at radius 1 is 1.06 bits per heavy atom. The van der Waals surface area contributed by atoms with Gasteiger partial charge in [-0.05, 0) is 80.5 Å². The Balaban J connectivity index is 1.23. The standard InChI is InChI=1S/C35H44N4O8S/c1-23-33(35(42)39(37(23)2)27-7-5-4-6-8-27)26-21-31(34(41)36-30-20-24-9-10-25(30)19-24)47-32(22-26)46-18-16-38(15-17-40)48(43,44)29-13-11-28(45-3)12-14-29/h4-8,11-14,21,24-26,30,32,40H,9-10,15-20,22H2,1-3H3,(H,36,41). The normalized spacial score (nSPS) is 23.6. The van der Waals surface area contributed by atoms with E-state index < -0.39 is 22.2 Å². The van der Waals surface area contributed by atoms with Gasteiger partial charge in [0.15, 0.2) is 5.76 Å². The Hall–Kier alpha value is -3.91. The van der Waals surface area contributed by atoms with Gasteiger partial charge >= 0.3 is 0 Å². The van der Waals surface area contributed by atoms with Crippen LogP contribution in [0.5, 0.6) is 5.75 Å². The number of rotatable bonds is 13. The summed E-state index contributed by atoms with van der Waals surface area (Å²) in [6.45, 7) is 1.22. The number of ether oxygens (including phenoxy) is 3. The lowest BCUT2D eigenvalue weighted by Gasteiger charge is -2.31. The van der Waals surface area contributed by atoms with Crippen LogP contribution in [0.15, 0.2) is 76.1 Å². The average Bonchev–Trinajstić information content (AvgIpc) is 3.77. The second-order valence-corrected chi connectivity index (χ2v) is 14.8. The van der Waals surface area contributed by atoms with Gasteiger partial charge < -0.3 is 24.6 Å². The molecule has 2 N–H and O–H groups in total. The average molecular weight is 681 g/mol. The third-order valence-electron chi connectivity index (χ3n) is 10.00. The van der Waals surface area contributed by atoms with Crippen molar-refractivity contribution in [3.8, 4) is 11.4 Å². The summed E-state index contributed by atoms with van der Waals surface area (Å²) in [5, 5.41) is 12.9. The molecule has 2 heterocycles. The fraction of sp³-hybridized carbons (Fsp3) is 0.486. The van der Waals surface area contributed by atoms with Crippen molar-refractivity contribution in [1.29, 1.82) is 0 Å². The molecule has 1 aromatic heterocycles. The summed E-state index contributed by atoms with van der Waals surface area (Å²) in [6.07, 6.45) is 5.43. The SMILES string of the molecule is COc1ccc(S(=O)(=O)N(CCO)CCOC2CC(c3c(C)n(C)n(-c4ccccc4)c3=O)C=C(C(=O)NC3CC4CCC3C4)O2)cc1. The predicted molar refractivity (Wildman–Crippen MR) is 178 cm³/mol. The summed E-state index contributed by atoms with van der Waals surface area (Å²) in [4.78, 5) is 27.6. The lowest BCUT2D eigenvalue weighted by atomic mass is 9.92. The molecule has 5 unspecified atom stereocenters. The minimum Gasteiger partial charge on any atom is -0.497 e. The van der Waals surface area contributed by atoms with Crippen molar-refractivity contribution >= 4 is 15.9 Å². The molecule has 2 bridgehead atoms. The third kappa shape index (κ3) is 6.82. The zero-order valence-electron chi connectivity index (χ0n) is 27.6. The molecule has 2 fully saturated rings. The van der Waals surface area contributed by atoms with Crippen LogP contribution < -0.4 is 15.6 Å². The first kappa shape index (κ1) is 34.0. The maximum Gasteiger partial charge on any atom is 0.286 e. The number of aromatic nitrogens is 2. The molecule has 2 saturated carbocycles. The molecule has 3 aromatic rings. The molecule has 12 nitrogen and oxygen atoms in total. The predicted octanol–water partition coefficient (Wildman–Crippen LogP) is 3.21. The zero-order chi connectivity index (χ0) is 34.0. The third-order valence-corrected chi connectivity index (χ3v) is 11.9. The number of carbonyl (C=O) groups excluding carboxylic acids is 1. The summed E-state index contributed by atoms with van der Waals surface area (Å²) in [6, 6.07) is 15.5. The van der Waals surface area contributed by atoms with E-state index in [-0.39, 0.29) is 60.9 Å². The molecule has 13 heteroatoms. The Morgan fingerprint density at radius 3 is 2.46 bits per heavy atom. The fourth-order valence-electron chi connectivity index (χ4n) is 7.44. The summed E-state index contributed by atoms with van der Waals surface area (Å²) >= 11 is 0. The van der Waals surface area contributed by atoms with Crippen LogP contribution in [0.25, 0.3) is 5.69 Å². The molecule has 1 aliphatic heterocycles. The number of aliphatic hydroxyl groups is 1. The van der Waals surface area contributed by atoms with Gasteiger partial charge in [-0.25, -0.2) is 13.1 Å². The van der Waals surface area contributed by atoms with Crippen molar-refractivity contribution in [2.45, 2.75) is 62.2 Å². The first-order chi connectivity index (χ1) is 23.1. The van der Waals surface area contributed by atoms with Crippen LogP contribution in [0, 0.1) is 18.8 Å². The van der Waals surface area contributed by atoms with E-state index in [1.807, 2.05) is 44.3 Å². The molecule has 0 spiro atoms. The molecule has 0 radical (unpaired) electrons. The van der Waals surface area contributed by atoms with Crippen LogP contribution >= 0.6 is 0 Å². The number of amides is 1. The molecule has 258 valence electrons. The zero-order valence-corrected chi connectivity index (χ0v) is 28.4. The van der Waals surface area contributed by atoms with Gasteiger partial charge in [-0.15, -0.1) is 0 Å². The van der Waals surface area contributed by atoms with Gasteiger partial charge in [0.25, 0.3) is 11.5 Å². The Labute approximate surface area is 280 Å². The number of nitrogens with one attached hydrogen (secondary N) is 1. The molecular weight excluding hydrogens is 636 g/mol. The van der Waals surface area contributed by atoms with E-state index >= 15 is 0 Å². The van der Waals surface area contributed by atoms with Gasteiger partial charge in [0.05, 0.1) is 30.9 Å². The minimum absolute atomic E-state index is 0.0579. The smallest absolute Gasteiger partial charge is 0.286 e. The first-order valence-corrected chi connectivity index (χ1v) is 17.9. The number of carbonyl (C=O) groups is 1. The summed E-state index contributed by atoms with van der Waals surface area (Å²) in [5.74, 6) is 0.880. The highest BCUT2D eigenvalue weighted by Crippen LogP contribution is 2.44. The van der Waals surface area contributed by atoms with E-state index in [1.165, 1.54) is 25.7 Å². The molecule has 5 atom stereocenters. The van der Waals surface area contributed by atoms with Gasteiger partial charge in [0.1, 0.15) is 5.75 Å². The number of aliphatic hydroxyl groups excluding tert-OH is 1. The molecule has 2 aromatic carbocycles. The monoisotopic (exact) mass is 680 g/mol. The van der Waals surface area contributed by atoms with E-state index in [0.29, 0.717) is 23.1 Å². The number of allylic oxidation sites excluding steroid dienone is 1. The molecule has 6 rings (SSSR count). The second-order valence-electron chi connectivity index (χ2n) is 12.8. The van der Waals surface area contributed by atoms with E-state index in [9.17, 15) is 23.1 Å². The highest BCUT2D eigenvalue weighted by atomic mass is 32.2. The molecule has 48 heavy (non-hydrogen) atoms. The largest absolute Gasteiger partial charge is 0.497 e. The highest BCUT2D eigenvalue weighted by Gasteiger charge is 2.41. The highest BCUT2D eigenvalue weighted by molar-refractivity contribution is 7.89. The van der Waals surface area contributed by atoms with Crippen LogP contribution in [-0.2, 0) is 31.3 Å². The number of benzene rings is 2. The molecular formula is C35H44N4O8S. The van der Waals surface area contributed by atoms with E-state index in [1.54, 1.807) is 27.6 Å². The molecule has 1 amide bonds. The van der Waals surface area contributed by atoms with Crippen molar-refractivity contribution < 1.29 is 32.5 Å². The molecule has 2 aliphatic carbocycles. The Kier molecular flexibility index (Phi) is 10.1. The number of methoxy groups -OCH3 is 1. The van der Waals surface area contributed by atoms with Gasteiger partial charge in [-0.3, -0.25) is 14.3 Å². The van der Waals surface area contributed by atoms with Crippen LogP contribution in [0.2, 0.25) is 0 Å². The Bertz CT molecular complexity index is 1800. The number of hydrogen-bond donors (Lipinski definition) is 2. The van der Waals surface area contributed by atoms with Crippen molar-refractivity contribution in [3.63, 3.8) is 0 Å². The van der Waals surface area contributed by atoms with Crippen LogP contribution in [0.4, 0.5) is 0 Å². The quantitative estimate of drug-likeness (QED) is 0.281. The lowest BCUT2D eigenvalue weighted by Crippen LogP contribution is -2.42. The van der Waals surface area contributed by atoms with Crippen molar-refractivity contribution in [2.75, 3.05) is 33.4 Å². The number of sulfonamides is 1. The van der Waals surface area contributed by atoms with Gasteiger partial charge in [0, 0.05) is 49.8 Å². The van der Waals surface area contributed by atoms with Crippen molar-refractivity contribution in [1.82, 2.24) is 19.0 Å². The number of fused-ring (bicyclic) bond motifs is 2. The first-order valence-electron chi connectivity index (χ1n) is 16.5. The fourth-order valence-corrected chi connectivity index (χ4v) is 8.86. The number of para-hydroxylation sites is 1. The summed E-state index contributed by atoms with van der Waals surface area (Å²) < 4.78 is 48.8. The maximum absolute atomic E-state index is 13.9. The maximum atomic E-state index is 13.9. The minimum atomic E-state index is -3.95. The van der Waals surface area contributed by atoms with Gasteiger partial charge in [-0.2, -0.15) is 4.31 Å².